The first-order chi connectivity index (χ1) is 10.8. The highest BCUT2D eigenvalue weighted by Gasteiger charge is 2.22. The second kappa shape index (κ2) is 8.32. The van der Waals surface area contributed by atoms with Gasteiger partial charge in [-0.05, 0) is 60.2 Å². The van der Waals surface area contributed by atoms with Crippen molar-refractivity contribution in [3.05, 3.63) is 70.5 Å². The summed E-state index contributed by atoms with van der Waals surface area (Å²) in [6, 6.07) is 13.6. The van der Waals surface area contributed by atoms with Crippen LogP contribution in [-0.4, -0.2) is 17.4 Å². The molecule has 0 saturated heterocycles. The molecule has 1 atom stereocenters. The summed E-state index contributed by atoms with van der Waals surface area (Å²) in [4.78, 5) is 0. The lowest BCUT2D eigenvalue weighted by atomic mass is 9.89. The van der Waals surface area contributed by atoms with Crippen molar-refractivity contribution < 1.29 is 8.94 Å². The molecule has 0 bridgehead atoms. The number of halogens is 1. The highest BCUT2D eigenvalue weighted by Crippen LogP contribution is 2.34. The van der Waals surface area contributed by atoms with Gasteiger partial charge in [-0.2, -0.15) is 4.55 Å². The molecule has 0 spiro atoms. The Morgan fingerprint density at radius 3 is 2.68 bits per heavy atom. The van der Waals surface area contributed by atoms with Gasteiger partial charge in [0.15, 0.2) is 0 Å². The Morgan fingerprint density at radius 2 is 1.91 bits per heavy atom. The van der Waals surface area contributed by atoms with Crippen molar-refractivity contribution in [3.63, 3.8) is 0 Å². The van der Waals surface area contributed by atoms with Crippen molar-refractivity contribution in [2.24, 2.45) is 5.73 Å². The standard InChI is InChI=1S/C17H17FOS.CH5N/c18-16-6-5-12-9-13-3-1-2-4-17(13)14(7-8-20-19)10-15(12)11-16;1-2/h1-6,11,14,19H,7-10H2;2H2,1H3/p+1/t14-;/m0./s1. The third-order valence-corrected chi connectivity index (χ3v) is 4.55. The Hall–Kier alpha value is -1.36. The SMILES string of the molecule is CN.O[SH+]CC[C@H]1Cc2cc(F)ccc2Cc2ccccc21. The van der Waals surface area contributed by atoms with E-state index in [1.807, 2.05) is 6.07 Å². The van der Waals surface area contributed by atoms with E-state index in [-0.39, 0.29) is 5.82 Å². The minimum Gasteiger partial charge on any atom is -0.333 e. The Kier molecular flexibility index (Phi) is 6.43. The molecule has 0 heterocycles. The van der Waals surface area contributed by atoms with Gasteiger partial charge in [0.2, 0.25) is 0 Å². The smallest absolute Gasteiger partial charge is 0.139 e. The van der Waals surface area contributed by atoms with Gasteiger partial charge in [-0.15, -0.1) is 0 Å². The zero-order valence-electron chi connectivity index (χ0n) is 12.8. The predicted molar refractivity (Wildman–Crippen MR) is 93.1 cm³/mol. The second-order valence-corrected chi connectivity index (χ2v) is 6.07. The van der Waals surface area contributed by atoms with E-state index in [2.05, 4.69) is 30.0 Å². The molecule has 0 aromatic heterocycles. The molecule has 2 aromatic carbocycles. The van der Waals surface area contributed by atoms with Gasteiger partial charge in [0.05, 0.1) is 0 Å². The molecule has 0 amide bonds. The lowest BCUT2D eigenvalue weighted by Gasteiger charge is -2.16. The van der Waals surface area contributed by atoms with E-state index in [1.165, 1.54) is 23.7 Å². The van der Waals surface area contributed by atoms with Crippen LogP contribution in [0.2, 0.25) is 0 Å². The molecule has 0 fully saturated rings. The zero-order chi connectivity index (χ0) is 15.9. The average molecular weight is 320 g/mol. The fraction of sp³-hybridized carbons (Fsp3) is 0.333. The van der Waals surface area contributed by atoms with Crippen molar-refractivity contribution in [2.45, 2.75) is 25.2 Å². The lowest BCUT2D eigenvalue weighted by Crippen LogP contribution is -2.06. The first-order valence-electron chi connectivity index (χ1n) is 7.51. The van der Waals surface area contributed by atoms with Crippen molar-refractivity contribution in [1.82, 2.24) is 0 Å². The van der Waals surface area contributed by atoms with Crippen molar-refractivity contribution in [2.75, 3.05) is 12.8 Å². The Balaban J connectivity index is 0.000000847. The van der Waals surface area contributed by atoms with Gasteiger partial charge in [0, 0.05) is 6.42 Å². The van der Waals surface area contributed by atoms with Gasteiger partial charge < -0.3 is 5.73 Å². The van der Waals surface area contributed by atoms with Gasteiger partial charge in [-0.3, -0.25) is 0 Å². The summed E-state index contributed by atoms with van der Waals surface area (Å²) in [7, 11) is 1.50. The first-order valence-corrected chi connectivity index (χ1v) is 8.55. The van der Waals surface area contributed by atoms with E-state index < -0.39 is 0 Å². The minimum atomic E-state index is -0.159. The molecule has 0 saturated carbocycles. The van der Waals surface area contributed by atoms with E-state index in [0.29, 0.717) is 18.0 Å². The number of thiol groups is 1. The fourth-order valence-electron chi connectivity index (χ4n) is 3.10. The molecule has 2 nitrogen and oxygen atoms in total. The number of hydrogen-bond acceptors (Lipinski definition) is 2. The average Bonchev–Trinajstić information content (AvgIpc) is 2.71. The molecule has 0 unspecified atom stereocenters. The maximum atomic E-state index is 13.5. The van der Waals surface area contributed by atoms with Gasteiger partial charge in [0.1, 0.15) is 23.6 Å². The third kappa shape index (κ3) is 3.88. The molecule has 1 aliphatic carbocycles. The summed E-state index contributed by atoms with van der Waals surface area (Å²) in [5.41, 5.74) is 9.52. The lowest BCUT2D eigenvalue weighted by molar-refractivity contribution is 0.613. The van der Waals surface area contributed by atoms with Crippen LogP contribution in [0.25, 0.3) is 0 Å². The van der Waals surface area contributed by atoms with Crippen LogP contribution in [-0.2, 0) is 24.9 Å². The predicted octanol–water partition coefficient (Wildman–Crippen LogP) is 3.31. The molecule has 1 aliphatic rings. The van der Waals surface area contributed by atoms with Crippen LogP contribution in [0.3, 0.4) is 0 Å². The molecule has 3 rings (SSSR count). The third-order valence-electron chi connectivity index (χ3n) is 4.09. The Morgan fingerprint density at radius 1 is 1.14 bits per heavy atom. The van der Waals surface area contributed by atoms with Crippen LogP contribution in [0.5, 0.6) is 0 Å². The van der Waals surface area contributed by atoms with E-state index in [0.717, 1.165) is 30.6 Å². The highest BCUT2D eigenvalue weighted by atomic mass is 32.2. The largest absolute Gasteiger partial charge is 0.333 e. The van der Waals surface area contributed by atoms with Crippen LogP contribution in [0.1, 0.15) is 34.6 Å². The topological polar surface area (TPSA) is 46.2 Å². The minimum absolute atomic E-state index is 0.159. The monoisotopic (exact) mass is 320 g/mol. The van der Waals surface area contributed by atoms with Gasteiger partial charge >= 0.3 is 0 Å². The number of nitrogens with two attached hydrogens (primary N) is 1. The highest BCUT2D eigenvalue weighted by molar-refractivity contribution is 7.72. The van der Waals surface area contributed by atoms with Gasteiger partial charge in [-0.1, -0.05) is 30.3 Å². The molecule has 3 N–H and O–H groups in total. The van der Waals surface area contributed by atoms with Crippen molar-refractivity contribution in [1.29, 1.82) is 0 Å². The number of hydrogen-bond donors (Lipinski definition) is 2. The zero-order valence-corrected chi connectivity index (χ0v) is 13.7. The molecule has 22 heavy (non-hydrogen) atoms. The Labute approximate surface area is 135 Å². The number of rotatable bonds is 3. The molecule has 0 aliphatic heterocycles. The van der Waals surface area contributed by atoms with Crippen LogP contribution < -0.4 is 5.73 Å². The fourth-order valence-corrected chi connectivity index (χ4v) is 3.53. The van der Waals surface area contributed by atoms with Crippen LogP contribution in [0.15, 0.2) is 42.5 Å². The van der Waals surface area contributed by atoms with E-state index >= 15 is 0 Å². The van der Waals surface area contributed by atoms with E-state index in [9.17, 15) is 4.39 Å². The van der Waals surface area contributed by atoms with Crippen molar-refractivity contribution >= 4 is 12.0 Å². The summed E-state index contributed by atoms with van der Waals surface area (Å²) in [5, 5.41) is 0. The summed E-state index contributed by atoms with van der Waals surface area (Å²) < 4.78 is 22.6. The Bertz CT molecular complexity index is 618. The second-order valence-electron chi connectivity index (χ2n) is 5.34. The van der Waals surface area contributed by atoms with Crippen molar-refractivity contribution in [3.8, 4) is 0 Å². The number of benzene rings is 2. The van der Waals surface area contributed by atoms with Crippen LogP contribution in [0, 0.1) is 5.82 Å². The molecule has 2 aromatic rings. The van der Waals surface area contributed by atoms with E-state index in [1.54, 1.807) is 12.1 Å². The van der Waals surface area contributed by atoms with Gasteiger partial charge in [-0.25, -0.2) is 4.39 Å². The van der Waals surface area contributed by atoms with E-state index in [4.69, 9.17) is 4.55 Å². The summed E-state index contributed by atoms with van der Waals surface area (Å²) >= 11 is 0.440. The molecule has 118 valence electrons. The maximum absolute atomic E-state index is 13.5. The molecular weight excluding hydrogens is 297 g/mol. The summed E-state index contributed by atoms with van der Waals surface area (Å²) in [6.45, 7) is 0. The normalized spacial score (nSPS) is 15.9. The summed E-state index contributed by atoms with van der Waals surface area (Å²) in [5.74, 6) is 0.978. The molecule has 4 heteroatoms. The maximum Gasteiger partial charge on any atom is 0.139 e. The molecule has 0 radical (unpaired) electrons. The quantitative estimate of drug-likeness (QED) is 0.673. The number of fused-ring (bicyclic) bond motifs is 2. The molecular formula is C18H23FNOS+. The first kappa shape index (κ1) is 17.0. The van der Waals surface area contributed by atoms with Crippen LogP contribution >= 0.6 is 0 Å². The summed E-state index contributed by atoms with van der Waals surface area (Å²) in [6.07, 6.45) is 2.67. The van der Waals surface area contributed by atoms with Gasteiger partial charge in [0.25, 0.3) is 0 Å². The van der Waals surface area contributed by atoms with Crippen LogP contribution in [0.4, 0.5) is 4.39 Å².